The van der Waals surface area contributed by atoms with Gasteiger partial charge in [-0.3, -0.25) is 15.1 Å². The summed E-state index contributed by atoms with van der Waals surface area (Å²) in [4.78, 5) is 19.2. The summed E-state index contributed by atoms with van der Waals surface area (Å²) in [5.74, 6) is 2.18. The standard InChI is InChI=1S/C23H19N3O5S/c1-13-10-26-21(24)16(22(27)25-23(26)32-13)7-14-3-5-17(19(8-14)28-2)29-11-15-4-6-18-20(9-15)31-12-30-18/h3-10,24H,11-12H2,1-2H3/b16-7-,24-21?. The summed E-state index contributed by atoms with van der Waals surface area (Å²) in [6.45, 7) is 2.47. The number of benzene rings is 2. The summed E-state index contributed by atoms with van der Waals surface area (Å²) < 4.78 is 22.2. The average Bonchev–Trinajstić information content (AvgIpc) is 3.41. The molecule has 0 aliphatic carbocycles. The Kier molecular flexibility index (Phi) is 5.10. The van der Waals surface area contributed by atoms with Gasteiger partial charge in [-0.1, -0.05) is 23.9 Å². The number of carbonyl (C=O) groups excluding carboxylic acids is 1. The van der Waals surface area contributed by atoms with Gasteiger partial charge in [0.2, 0.25) is 6.79 Å². The third-order valence-corrected chi connectivity index (χ3v) is 5.92. The van der Waals surface area contributed by atoms with Crippen LogP contribution >= 0.6 is 11.8 Å². The lowest BCUT2D eigenvalue weighted by molar-refractivity contribution is -0.114. The van der Waals surface area contributed by atoms with Crippen molar-refractivity contribution < 1.29 is 23.7 Å². The highest BCUT2D eigenvalue weighted by atomic mass is 32.2. The highest BCUT2D eigenvalue weighted by molar-refractivity contribution is 8.17. The molecule has 1 amide bonds. The maximum Gasteiger partial charge on any atom is 0.283 e. The van der Waals surface area contributed by atoms with E-state index >= 15 is 0 Å². The quantitative estimate of drug-likeness (QED) is 0.685. The van der Waals surface area contributed by atoms with E-state index in [-0.39, 0.29) is 18.2 Å². The second-order valence-corrected chi connectivity index (χ2v) is 8.42. The number of hydrogen-bond acceptors (Lipinski definition) is 7. The molecule has 9 heteroatoms. The average molecular weight is 449 g/mol. The molecule has 5 rings (SSSR count). The fourth-order valence-corrected chi connectivity index (χ4v) is 4.27. The van der Waals surface area contributed by atoms with Crippen LogP contribution in [0.5, 0.6) is 23.0 Å². The van der Waals surface area contributed by atoms with Crippen LogP contribution < -0.4 is 18.9 Å². The molecule has 0 spiro atoms. The van der Waals surface area contributed by atoms with Crippen molar-refractivity contribution in [3.05, 3.63) is 64.2 Å². The smallest absolute Gasteiger partial charge is 0.283 e. The number of aliphatic imine (C=N–C) groups is 1. The van der Waals surface area contributed by atoms with Crippen LogP contribution in [-0.2, 0) is 11.4 Å². The molecule has 3 heterocycles. The minimum Gasteiger partial charge on any atom is -0.493 e. The highest BCUT2D eigenvalue weighted by Crippen LogP contribution is 2.35. The third kappa shape index (κ3) is 3.71. The summed E-state index contributed by atoms with van der Waals surface area (Å²) in [5, 5.41) is 8.93. The topological polar surface area (TPSA) is 93.4 Å². The van der Waals surface area contributed by atoms with Gasteiger partial charge < -0.3 is 18.9 Å². The van der Waals surface area contributed by atoms with Crippen molar-refractivity contribution in [3.63, 3.8) is 0 Å². The molecule has 0 radical (unpaired) electrons. The van der Waals surface area contributed by atoms with Gasteiger partial charge in [-0.25, -0.2) is 0 Å². The van der Waals surface area contributed by atoms with E-state index in [0.717, 1.165) is 16.2 Å². The number of hydrogen-bond donors (Lipinski definition) is 1. The lowest BCUT2D eigenvalue weighted by Crippen LogP contribution is -2.35. The minimum absolute atomic E-state index is 0.103. The van der Waals surface area contributed by atoms with Crippen molar-refractivity contribution in [2.24, 2.45) is 4.99 Å². The monoisotopic (exact) mass is 449 g/mol. The molecule has 0 fully saturated rings. The minimum atomic E-state index is -0.432. The zero-order valence-electron chi connectivity index (χ0n) is 17.4. The number of amidine groups is 2. The number of carbonyl (C=O) groups is 1. The predicted octanol–water partition coefficient (Wildman–Crippen LogP) is 4.17. The van der Waals surface area contributed by atoms with E-state index in [0.29, 0.717) is 34.6 Å². The van der Waals surface area contributed by atoms with Crippen LogP contribution in [0.15, 0.2) is 58.1 Å². The molecule has 0 saturated heterocycles. The van der Waals surface area contributed by atoms with Gasteiger partial charge in [0.1, 0.15) is 12.4 Å². The first-order chi connectivity index (χ1) is 15.5. The number of methoxy groups -OCH3 is 1. The van der Waals surface area contributed by atoms with Gasteiger partial charge in [-0.05, 0) is 48.4 Å². The van der Waals surface area contributed by atoms with Gasteiger partial charge >= 0.3 is 0 Å². The molecule has 32 heavy (non-hydrogen) atoms. The first-order valence-electron chi connectivity index (χ1n) is 9.80. The van der Waals surface area contributed by atoms with Crippen molar-refractivity contribution in [2.75, 3.05) is 13.9 Å². The summed E-state index contributed by atoms with van der Waals surface area (Å²) in [7, 11) is 1.55. The van der Waals surface area contributed by atoms with Crippen molar-refractivity contribution in [3.8, 4) is 23.0 Å². The molecule has 2 aromatic carbocycles. The van der Waals surface area contributed by atoms with Crippen LogP contribution in [-0.4, -0.2) is 35.7 Å². The number of nitrogens with one attached hydrogen (secondary N) is 1. The molecule has 1 N–H and O–H groups in total. The number of amides is 1. The van der Waals surface area contributed by atoms with Crippen molar-refractivity contribution in [1.82, 2.24) is 4.90 Å². The van der Waals surface area contributed by atoms with Crippen LogP contribution in [0.3, 0.4) is 0 Å². The van der Waals surface area contributed by atoms with Crippen molar-refractivity contribution in [1.29, 1.82) is 5.41 Å². The van der Waals surface area contributed by atoms with E-state index < -0.39 is 5.91 Å². The number of fused-ring (bicyclic) bond motifs is 2. The number of thioether (sulfide) groups is 1. The maximum atomic E-state index is 12.5. The zero-order chi connectivity index (χ0) is 22.2. The maximum absolute atomic E-state index is 12.5. The fraction of sp³-hybridized carbons (Fsp3) is 0.174. The van der Waals surface area contributed by atoms with Gasteiger partial charge in [-0.2, -0.15) is 4.99 Å². The Morgan fingerprint density at radius 1 is 1.19 bits per heavy atom. The first-order valence-corrected chi connectivity index (χ1v) is 10.6. The predicted molar refractivity (Wildman–Crippen MR) is 121 cm³/mol. The molecule has 0 unspecified atom stereocenters. The van der Waals surface area contributed by atoms with Crippen LogP contribution in [0.25, 0.3) is 6.08 Å². The SMILES string of the molecule is COc1cc(/C=C2/C(=N)N3C=C(C)SC3=NC2=O)ccc1OCc1ccc2c(c1)OCO2. The van der Waals surface area contributed by atoms with E-state index in [1.54, 1.807) is 36.4 Å². The summed E-state index contributed by atoms with van der Waals surface area (Å²) in [5.41, 5.74) is 1.86. The fourth-order valence-electron chi connectivity index (χ4n) is 3.45. The van der Waals surface area contributed by atoms with Gasteiger partial charge in [0.05, 0.1) is 12.7 Å². The normalized spacial score (nSPS) is 17.9. The second kappa shape index (κ2) is 8.08. The van der Waals surface area contributed by atoms with Crippen LogP contribution in [0, 0.1) is 5.41 Å². The van der Waals surface area contributed by atoms with E-state index in [1.807, 2.05) is 31.2 Å². The molecular formula is C23H19N3O5S. The number of ether oxygens (including phenoxy) is 4. The van der Waals surface area contributed by atoms with E-state index in [4.69, 9.17) is 24.4 Å². The third-order valence-electron chi connectivity index (χ3n) is 5.02. The zero-order valence-corrected chi connectivity index (χ0v) is 18.2. The lowest BCUT2D eigenvalue weighted by atomic mass is 10.1. The van der Waals surface area contributed by atoms with E-state index in [2.05, 4.69) is 4.99 Å². The Labute approximate surface area is 188 Å². The molecule has 0 saturated carbocycles. The van der Waals surface area contributed by atoms with Gasteiger partial charge in [0, 0.05) is 11.1 Å². The molecule has 0 atom stereocenters. The van der Waals surface area contributed by atoms with Crippen LogP contribution in [0.1, 0.15) is 18.1 Å². The Morgan fingerprint density at radius 2 is 2.03 bits per heavy atom. The summed E-state index contributed by atoms with van der Waals surface area (Å²) >= 11 is 1.38. The van der Waals surface area contributed by atoms with Gasteiger partial charge in [-0.15, -0.1) is 0 Å². The van der Waals surface area contributed by atoms with Gasteiger partial charge in [0.25, 0.3) is 5.91 Å². The number of rotatable bonds is 5. The van der Waals surface area contributed by atoms with Crippen molar-refractivity contribution >= 4 is 34.7 Å². The molecule has 0 aromatic heterocycles. The number of allylic oxidation sites excluding steroid dienone is 1. The Morgan fingerprint density at radius 3 is 2.88 bits per heavy atom. The Bertz CT molecular complexity index is 1230. The lowest BCUT2D eigenvalue weighted by Gasteiger charge is -2.22. The molecule has 0 bridgehead atoms. The largest absolute Gasteiger partial charge is 0.493 e. The summed E-state index contributed by atoms with van der Waals surface area (Å²) in [6.07, 6.45) is 3.45. The van der Waals surface area contributed by atoms with Crippen molar-refractivity contribution in [2.45, 2.75) is 13.5 Å². The Balaban J connectivity index is 1.35. The van der Waals surface area contributed by atoms with E-state index in [1.165, 1.54) is 11.8 Å². The van der Waals surface area contributed by atoms with Gasteiger partial charge in [0.15, 0.2) is 28.2 Å². The molecule has 2 aromatic rings. The molecule has 3 aliphatic rings. The Hall–Kier alpha value is -3.72. The van der Waals surface area contributed by atoms with E-state index in [9.17, 15) is 4.79 Å². The molecule has 8 nitrogen and oxygen atoms in total. The summed E-state index contributed by atoms with van der Waals surface area (Å²) in [6, 6.07) is 11.0. The second-order valence-electron chi connectivity index (χ2n) is 7.20. The molecular weight excluding hydrogens is 430 g/mol. The first kappa shape index (κ1) is 20.2. The highest BCUT2D eigenvalue weighted by Gasteiger charge is 2.32. The van der Waals surface area contributed by atoms with Crippen LogP contribution in [0.2, 0.25) is 0 Å². The number of nitrogens with zero attached hydrogens (tertiary/aromatic N) is 2. The van der Waals surface area contributed by atoms with Crippen LogP contribution in [0.4, 0.5) is 0 Å². The molecule has 162 valence electrons. The molecule has 3 aliphatic heterocycles.